The van der Waals surface area contributed by atoms with Crippen LogP contribution in [0.25, 0.3) is 11.0 Å². The van der Waals surface area contributed by atoms with Crippen molar-refractivity contribution in [2.45, 2.75) is 6.61 Å². The van der Waals surface area contributed by atoms with E-state index in [2.05, 4.69) is 15.9 Å². The van der Waals surface area contributed by atoms with Crippen LogP contribution in [0, 0.1) is 0 Å². The number of hydrogen-bond donors (Lipinski definition) is 1. The Morgan fingerprint density at radius 3 is 2.76 bits per heavy atom. The first kappa shape index (κ1) is 14.1. The molecule has 1 aromatic heterocycles. The van der Waals surface area contributed by atoms with E-state index in [-0.39, 0.29) is 4.99 Å². The molecule has 0 bridgehead atoms. The first-order valence-corrected chi connectivity index (χ1v) is 7.54. The van der Waals surface area contributed by atoms with Gasteiger partial charge < -0.3 is 14.9 Å². The van der Waals surface area contributed by atoms with Gasteiger partial charge in [-0.05, 0) is 29.8 Å². The van der Waals surface area contributed by atoms with Crippen LogP contribution in [-0.2, 0) is 6.61 Å². The van der Waals surface area contributed by atoms with E-state index in [9.17, 15) is 0 Å². The van der Waals surface area contributed by atoms with Crippen molar-refractivity contribution < 1.29 is 9.15 Å². The summed E-state index contributed by atoms with van der Waals surface area (Å²) >= 11 is 8.48. The van der Waals surface area contributed by atoms with Gasteiger partial charge >= 0.3 is 0 Å². The predicted octanol–water partition coefficient (Wildman–Crippen LogP) is 4.41. The van der Waals surface area contributed by atoms with Gasteiger partial charge in [-0.2, -0.15) is 0 Å². The minimum absolute atomic E-state index is 0.190. The topological polar surface area (TPSA) is 48.4 Å². The van der Waals surface area contributed by atoms with Crippen molar-refractivity contribution >= 4 is 44.1 Å². The third-order valence-electron chi connectivity index (χ3n) is 3.05. The highest BCUT2D eigenvalue weighted by molar-refractivity contribution is 9.10. The van der Waals surface area contributed by atoms with Gasteiger partial charge in [-0.25, -0.2) is 0 Å². The third-order valence-corrected chi connectivity index (χ3v) is 3.72. The minimum atomic E-state index is 0.190. The Kier molecular flexibility index (Phi) is 3.94. The van der Waals surface area contributed by atoms with Crippen LogP contribution in [0.2, 0.25) is 0 Å². The minimum Gasteiger partial charge on any atom is -0.484 e. The summed E-state index contributed by atoms with van der Waals surface area (Å²) in [4.78, 5) is 0.190. The van der Waals surface area contributed by atoms with Crippen molar-refractivity contribution in [2.75, 3.05) is 0 Å². The number of furan rings is 1. The molecule has 0 aliphatic carbocycles. The summed E-state index contributed by atoms with van der Waals surface area (Å²) in [6, 6.07) is 15.5. The van der Waals surface area contributed by atoms with Gasteiger partial charge in [0.2, 0.25) is 5.76 Å². The number of hydrogen-bond acceptors (Lipinski definition) is 3. The van der Waals surface area contributed by atoms with E-state index < -0.39 is 0 Å². The van der Waals surface area contributed by atoms with Crippen molar-refractivity contribution in [3.63, 3.8) is 0 Å². The number of thiocarbonyl (C=S) groups is 1. The first-order chi connectivity index (χ1) is 10.1. The summed E-state index contributed by atoms with van der Waals surface area (Å²) in [5, 5.41) is 0.871. The molecule has 0 radical (unpaired) electrons. The second-order valence-corrected chi connectivity index (χ2v) is 5.89. The normalized spacial score (nSPS) is 10.7. The molecule has 0 saturated heterocycles. The summed E-state index contributed by atoms with van der Waals surface area (Å²) in [5.41, 5.74) is 7.48. The Morgan fingerprint density at radius 1 is 1.19 bits per heavy atom. The van der Waals surface area contributed by atoms with Gasteiger partial charge in [-0.1, -0.05) is 52.4 Å². The molecule has 0 saturated carbocycles. The Balaban J connectivity index is 1.95. The number of halogens is 1. The highest BCUT2D eigenvalue weighted by Crippen LogP contribution is 2.33. The fourth-order valence-corrected chi connectivity index (χ4v) is 2.69. The molecule has 106 valence electrons. The van der Waals surface area contributed by atoms with E-state index in [0.29, 0.717) is 23.7 Å². The maximum atomic E-state index is 5.91. The second-order valence-electron chi connectivity index (χ2n) is 4.54. The van der Waals surface area contributed by atoms with Crippen LogP contribution in [0.4, 0.5) is 0 Å². The Labute approximate surface area is 135 Å². The maximum absolute atomic E-state index is 5.91. The standard InChI is InChI=1S/C16H12BrNO2S/c17-11-5-3-4-10(8-11)9-19-14-12-6-1-2-7-13(12)20-15(14)16(18)21/h1-8H,9H2,(H2,18,21). The Bertz CT molecular complexity index is 813. The fourth-order valence-electron chi connectivity index (χ4n) is 2.11. The first-order valence-electron chi connectivity index (χ1n) is 6.34. The summed E-state index contributed by atoms with van der Waals surface area (Å²) in [6.07, 6.45) is 0. The predicted molar refractivity (Wildman–Crippen MR) is 90.6 cm³/mol. The van der Waals surface area contributed by atoms with Crippen molar-refractivity contribution in [1.29, 1.82) is 0 Å². The smallest absolute Gasteiger partial charge is 0.204 e. The zero-order valence-electron chi connectivity index (χ0n) is 11.0. The van der Waals surface area contributed by atoms with Crippen LogP contribution in [0.5, 0.6) is 5.75 Å². The Morgan fingerprint density at radius 2 is 2.00 bits per heavy atom. The second kappa shape index (κ2) is 5.87. The number of benzene rings is 2. The van der Waals surface area contributed by atoms with Crippen LogP contribution in [0.1, 0.15) is 11.3 Å². The van der Waals surface area contributed by atoms with E-state index in [4.69, 9.17) is 27.1 Å². The average molecular weight is 362 g/mol. The lowest BCUT2D eigenvalue weighted by atomic mass is 10.2. The number of fused-ring (bicyclic) bond motifs is 1. The van der Waals surface area contributed by atoms with E-state index in [1.54, 1.807) is 0 Å². The molecule has 0 unspecified atom stereocenters. The fraction of sp³-hybridized carbons (Fsp3) is 0.0625. The molecule has 3 rings (SSSR count). The molecule has 21 heavy (non-hydrogen) atoms. The summed E-state index contributed by atoms with van der Waals surface area (Å²) < 4.78 is 12.6. The van der Waals surface area contributed by atoms with Gasteiger partial charge in [-0.3, -0.25) is 0 Å². The zero-order valence-corrected chi connectivity index (χ0v) is 13.4. The van der Waals surface area contributed by atoms with Crippen LogP contribution in [0.3, 0.4) is 0 Å². The maximum Gasteiger partial charge on any atom is 0.204 e. The van der Waals surface area contributed by atoms with Crippen molar-refractivity contribution in [2.24, 2.45) is 5.73 Å². The van der Waals surface area contributed by atoms with Crippen molar-refractivity contribution in [3.8, 4) is 5.75 Å². The number of nitrogens with two attached hydrogens (primary N) is 1. The third kappa shape index (κ3) is 2.94. The molecule has 5 heteroatoms. The molecule has 0 amide bonds. The summed E-state index contributed by atoms with van der Waals surface area (Å²) in [5.74, 6) is 1.01. The zero-order chi connectivity index (χ0) is 14.8. The van der Waals surface area contributed by atoms with Gasteiger partial charge in [0, 0.05) is 4.47 Å². The lowest BCUT2D eigenvalue weighted by Gasteiger charge is -2.07. The van der Waals surface area contributed by atoms with Gasteiger partial charge in [-0.15, -0.1) is 0 Å². The van der Waals surface area contributed by atoms with Gasteiger partial charge in [0.15, 0.2) is 5.75 Å². The largest absolute Gasteiger partial charge is 0.484 e. The van der Waals surface area contributed by atoms with Crippen LogP contribution in [-0.4, -0.2) is 4.99 Å². The molecule has 0 fully saturated rings. The summed E-state index contributed by atoms with van der Waals surface area (Å²) in [7, 11) is 0. The molecule has 3 aromatic rings. The van der Waals surface area contributed by atoms with Gasteiger partial charge in [0.05, 0.1) is 5.39 Å². The van der Waals surface area contributed by atoms with Crippen LogP contribution >= 0.6 is 28.1 Å². The van der Waals surface area contributed by atoms with Crippen molar-refractivity contribution in [3.05, 3.63) is 64.3 Å². The van der Waals surface area contributed by atoms with Gasteiger partial charge in [0.25, 0.3) is 0 Å². The van der Waals surface area contributed by atoms with Crippen LogP contribution in [0.15, 0.2) is 57.4 Å². The van der Waals surface area contributed by atoms with Gasteiger partial charge in [0.1, 0.15) is 17.2 Å². The Hall–Kier alpha value is -1.85. The molecular formula is C16H12BrNO2S. The number of rotatable bonds is 4. The van der Waals surface area contributed by atoms with Crippen molar-refractivity contribution in [1.82, 2.24) is 0 Å². The monoisotopic (exact) mass is 361 g/mol. The van der Waals surface area contributed by atoms with E-state index in [0.717, 1.165) is 15.4 Å². The quantitative estimate of drug-likeness (QED) is 0.699. The number of para-hydroxylation sites is 1. The molecule has 0 spiro atoms. The molecule has 1 heterocycles. The highest BCUT2D eigenvalue weighted by Gasteiger charge is 2.17. The molecular weight excluding hydrogens is 350 g/mol. The SMILES string of the molecule is NC(=S)c1oc2ccccc2c1OCc1cccc(Br)c1. The molecule has 0 aliphatic rings. The molecule has 2 N–H and O–H groups in total. The molecule has 2 aromatic carbocycles. The molecule has 0 aliphatic heterocycles. The van der Waals surface area contributed by atoms with E-state index >= 15 is 0 Å². The lowest BCUT2D eigenvalue weighted by molar-refractivity contribution is 0.304. The van der Waals surface area contributed by atoms with E-state index in [1.165, 1.54) is 0 Å². The average Bonchev–Trinajstić information content (AvgIpc) is 2.84. The highest BCUT2D eigenvalue weighted by atomic mass is 79.9. The van der Waals surface area contributed by atoms with Crippen LogP contribution < -0.4 is 10.5 Å². The lowest BCUT2D eigenvalue weighted by Crippen LogP contribution is -2.10. The van der Waals surface area contributed by atoms with E-state index in [1.807, 2.05) is 48.5 Å². The number of ether oxygens (including phenoxy) is 1. The molecule has 3 nitrogen and oxygen atoms in total. The summed E-state index contributed by atoms with van der Waals surface area (Å²) in [6.45, 7) is 0.415. The molecule has 0 atom stereocenters.